The van der Waals surface area contributed by atoms with E-state index in [0.29, 0.717) is 12.3 Å². The lowest BCUT2D eigenvalue weighted by Gasteiger charge is -2.28. The number of hydrogen-bond donors (Lipinski definition) is 1. The molecule has 1 fully saturated rings. The Morgan fingerprint density at radius 3 is 2.17 bits per heavy atom. The molecule has 5 nitrogen and oxygen atoms in total. The van der Waals surface area contributed by atoms with Gasteiger partial charge >= 0.3 is 0 Å². The van der Waals surface area contributed by atoms with Crippen LogP contribution in [0.15, 0.2) is 48.5 Å². The largest absolute Gasteiger partial charge is 0.497 e. The molecule has 1 atom stereocenters. The van der Waals surface area contributed by atoms with E-state index in [0.717, 1.165) is 18.8 Å². The first-order valence-corrected chi connectivity index (χ1v) is 10.7. The first-order chi connectivity index (χ1) is 14.4. The molecule has 1 amide bonds. The average Bonchev–Trinajstić information content (AvgIpc) is 3.27. The second-order valence-electron chi connectivity index (χ2n) is 8.90. The van der Waals surface area contributed by atoms with Crippen LogP contribution in [0, 0.1) is 0 Å². The molecule has 30 heavy (non-hydrogen) atoms. The molecule has 0 bridgehead atoms. The van der Waals surface area contributed by atoms with Crippen molar-refractivity contribution in [1.82, 2.24) is 10.2 Å². The quantitative estimate of drug-likeness (QED) is 0.704. The van der Waals surface area contributed by atoms with Crippen molar-refractivity contribution in [2.75, 3.05) is 33.4 Å². The molecule has 1 heterocycles. The summed E-state index contributed by atoms with van der Waals surface area (Å²) in [7, 11) is 1.67. The highest BCUT2D eigenvalue weighted by Gasteiger charge is 2.24. The van der Waals surface area contributed by atoms with Crippen LogP contribution in [-0.4, -0.2) is 44.2 Å². The van der Waals surface area contributed by atoms with Gasteiger partial charge in [0.25, 0.3) is 5.91 Å². The fourth-order valence-corrected chi connectivity index (χ4v) is 3.80. The summed E-state index contributed by atoms with van der Waals surface area (Å²) >= 11 is 0. The van der Waals surface area contributed by atoms with Crippen molar-refractivity contribution in [3.05, 3.63) is 59.7 Å². The van der Waals surface area contributed by atoms with E-state index in [-0.39, 0.29) is 24.0 Å². The molecule has 0 unspecified atom stereocenters. The molecule has 0 aromatic heterocycles. The summed E-state index contributed by atoms with van der Waals surface area (Å²) < 4.78 is 11.0. The fraction of sp³-hybridized carbons (Fsp3) is 0.480. The Kier molecular flexibility index (Phi) is 7.38. The van der Waals surface area contributed by atoms with Crippen molar-refractivity contribution in [2.45, 2.75) is 45.1 Å². The summed E-state index contributed by atoms with van der Waals surface area (Å²) in [6.45, 7) is 9.23. The minimum absolute atomic E-state index is 0.0181. The molecule has 1 saturated heterocycles. The Morgan fingerprint density at radius 2 is 1.60 bits per heavy atom. The number of carbonyl (C=O) groups is 1. The first-order valence-electron chi connectivity index (χ1n) is 10.7. The van der Waals surface area contributed by atoms with Gasteiger partial charge in [0.05, 0.1) is 13.2 Å². The van der Waals surface area contributed by atoms with E-state index in [1.165, 1.54) is 24.0 Å². The summed E-state index contributed by atoms with van der Waals surface area (Å²) in [5.74, 6) is 1.45. The minimum Gasteiger partial charge on any atom is -0.497 e. The molecule has 1 aliphatic rings. The van der Waals surface area contributed by atoms with Crippen molar-refractivity contribution in [2.24, 2.45) is 0 Å². The smallest absolute Gasteiger partial charge is 0.258 e. The number of nitrogens with zero attached hydrogens (tertiary/aromatic N) is 1. The number of likely N-dealkylation sites (tertiary alicyclic amines) is 1. The van der Waals surface area contributed by atoms with E-state index in [1.807, 2.05) is 24.3 Å². The van der Waals surface area contributed by atoms with Crippen molar-refractivity contribution in [3.8, 4) is 11.5 Å². The van der Waals surface area contributed by atoms with E-state index in [4.69, 9.17) is 9.47 Å². The molecule has 0 radical (unpaired) electrons. The summed E-state index contributed by atoms with van der Waals surface area (Å²) in [5.41, 5.74) is 2.53. The van der Waals surface area contributed by atoms with Crippen molar-refractivity contribution >= 4 is 5.91 Å². The van der Waals surface area contributed by atoms with E-state index in [1.54, 1.807) is 7.11 Å². The van der Waals surface area contributed by atoms with Crippen LogP contribution in [0.2, 0.25) is 0 Å². The van der Waals surface area contributed by atoms with Gasteiger partial charge in [0, 0.05) is 6.54 Å². The van der Waals surface area contributed by atoms with E-state index >= 15 is 0 Å². The van der Waals surface area contributed by atoms with Gasteiger partial charge in [-0.25, -0.2) is 0 Å². The van der Waals surface area contributed by atoms with Crippen LogP contribution >= 0.6 is 0 Å². The van der Waals surface area contributed by atoms with Crippen LogP contribution in [-0.2, 0) is 10.2 Å². The van der Waals surface area contributed by atoms with Gasteiger partial charge in [0.15, 0.2) is 6.61 Å². The van der Waals surface area contributed by atoms with E-state index in [2.05, 4.69) is 55.3 Å². The molecule has 0 saturated carbocycles. The molecule has 2 aromatic rings. The van der Waals surface area contributed by atoms with Crippen LogP contribution in [0.5, 0.6) is 11.5 Å². The zero-order chi connectivity index (χ0) is 21.6. The molecular weight excluding hydrogens is 376 g/mol. The number of carbonyl (C=O) groups excluding carboxylic acids is 1. The standard InChI is InChI=1S/C25H34N2O3/c1-25(2,3)20-9-13-22(14-10-20)30-18-24(28)26-17-23(27-15-5-6-16-27)19-7-11-21(29-4)12-8-19/h7-14,23H,5-6,15-18H2,1-4H3,(H,26,28)/t23-/m0/s1. The Bertz CT molecular complexity index is 804. The number of amides is 1. The average molecular weight is 411 g/mol. The number of hydrogen-bond acceptors (Lipinski definition) is 4. The Hall–Kier alpha value is -2.53. The predicted molar refractivity (Wildman–Crippen MR) is 120 cm³/mol. The minimum atomic E-state index is -0.104. The molecule has 1 N–H and O–H groups in total. The van der Waals surface area contributed by atoms with Crippen LogP contribution in [0.1, 0.15) is 50.8 Å². The van der Waals surface area contributed by atoms with Crippen molar-refractivity contribution < 1.29 is 14.3 Å². The van der Waals surface area contributed by atoms with Gasteiger partial charge in [-0.1, -0.05) is 45.0 Å². The number of methoxy groups -OCH3 is 1. The zero-order valence-electron chi connectivity index (χ0n) is 18.6. The SMILES string of the molecule is COc1ccc([C@H](CNC(=O)COc2ccc(C(C)(C)C)cc2)N2CCCC2)cc1. The zero-order valence-corrected chi connectivity index (χ0v) is 18.6. The van der Waals surface area contributed by atoms with Gasteiger partial charge in [0.1, 0.15) is 11.5 Å². The molecular formula is C25H34N2O3. The molecule has 3 rings (SSSR count). The summed E-state index contributed by atoms with van der Waals surface area (Å²) in [4.78, 5) is 14.9. The second kappa shape index (κ2) is 9.98. The third-order valence-corrected chi connectivity index (χ3v) is 5.66. The molecule has 0 spiro atoms. The predicted octanol–water partition coefficient (Wildman–Crippen LogP) is 4.32. The maximum atomic E-state index is 12.4. The Balaban J connectivity index is 1.54. The van der Waals surface area contributed by atoms with Gasteiger partial charge in [-0.3, -0.25) is 9.69 Å². The summed E-state index contributed by atoms with van der Waals surface area (Å²) in [5, 5.41) is 3.06. The highest BCUT2D eigenvalue weighted by atomic mass is 16.5. The lowest BCUT2D eigenvalue weighted by molar-refractivity contribution is -0.123. The van der Waals surface area contributed by atoms with Gasteiger partial charge in [-0.05, 0) is 66.7 Å². The number of nitrogens with one attached hydrogen (secondary N) is 1. The highest BCUT2D eigenvalue weighted by molar-refractivity contribution is 5.77. The van der Waals surface area contributed by atoms with Gasteiger partial charge < -0.3 is 14.8 Å². The fourth-order valence-electron chi connectivity index (χ4n) is 3.80. The lowest BCUT2D eigenvalue weighted by Crippen LogP contribution is -2.38. The first kappa shape index (κ1) is 22.2. The number of benzene rings is 2. The van der Waals surface area contributed by atoms with Crippen LogP contribution in [0.4, 0.5) is 0 Å². The Morgan fingerprint density at radius 1 is 1.00 bits per heavy atom. The highest BCUT2D eigenvalue weighted by Crippen LogP contribution is 2.26. The molecule has 1 aliphatic heterocycles. The van der Waals surface area contributed by atoms with Crippen molar-refractivity contribution in [3.63, 3.8) is 0 Å². The lowest BCUT2D eigenvalue weighted by atomic mass is 9.87. The van der Waals surface area contributed by atoms with Gasteiger partial charge in [-0.15, -0.1) is 0 Å². The normalized spacial score (nSPS) is 15.6. The van der Waals surface area contributed by atoms with Gasteiger partial charge in [0.2, 0.25) is 0 Å². The van der Waals surface area contributed by atoms with Crippen LogP contribution < -0.4 is 14.8 Å². The number of ether oxygens (including phenoxy) is 2. The van der Waals surface area contributed by atoms with E-state index in [9.17, 15) is 4.79 Å². The molecule has 5 heteroatoms. The maximum absolute atomic E-state index is 12.4. The molecule has 162 valence electrons. The molecule has 2 aromatic carbocycles. The van der Waals surface area contributed by atoms with Crippen LogP contribution in [0.25, 0.3) is 0 Å². The third kappa shape index (κ3) is 5.99. The van der Waals surface area contributed by atoms with Crippen molar-refractivity contribution in [1.29, 1.82) is 0 Å². The Labute approximate surface area is 180 Å². The van der Waals surface area contributed by atoms with Crippen LogP contribution in [0.3, 0.4) is 0 Å². The summed E-state index contributed by atoms with van der Waals surface area (Å²) in [6.07, 6.45) is 2.41. The third-order valence-electron chi connectivity index (χ3n) is 5.66. The van der Waals surface area contributed by atoms with Gasteiger partial charge in [-0.2, -0.15) is 0 Å². The second-order valence-corrected chi connectivity index (χ2v) is 8.90. The maximum Gasteiger partial charge on any atom is 0.258 e. The summed E-state index contributed by atoms with van der Waals surface area (Å²) in [6, 6.07) is 16.3. The van der Waals surface area contributed by atoms with E-state index < -0.39 is 0 Å². The topological polar surface area (TPSA) is 50.8 Å². The monoisotopic (exact) mass is 410 g/mol. The molecule has 0 aliphatic carbocycles. The number of rotatable bonds is 8.